The van der Waals surface area contributed by atoms with Crippen LogP contribution in [0, 0.1) is 20.8 Å². The molecule has 3 rings (SSSR count). The lowest BCUT2D eigenvalue weighted by atomic mass is 10.1. The number of thioether (sulfide) groups is 1. The fourth-order valence-corrected chi connectivity index (χ4v) is 4.14. The highest BCUT2D eigenvalue weighted by atomic mass is 32.2. The van der Waals surface area contributed by atoms with Gasteiger partial charge in [0.25, 0.3) is 5.91 Å². The van der Waals surface area contributed by atoms with Gasteiger partial charge >= 0.3 is 0 Å². The van der Waals surface area contributed by atoms with Gasteiger partial charge in [-0.3, -0.25) is 4.79 Å². The van der Waals surface area contributed by atoms with E-state index in [1.807, 2.05) is 16.7 Å². The van der Waals surface area contributed by atoms with Crippen LogP contribution in [0.2, 0.25) is 0 Å². The third-order valence-corrected chi connectivity index (χ3v) is 5.74. The molecule has 0 spiro atoms. The number of aromatic nitrogens is 1. The Morgan fingerprint density at radius 2 is 1.91 bits per heavy atom. The van der Waals surface area contributed by atoms with E-state index in [2.05, 4.69) is 36.2 Å². The van der Waals surface area contributed by atoms with E-state index in [0.29, 0.717) is 22.6 Å². The van der Waals surface area contributed by atoms with E-state index < -0.39 is 0 Å². The second-order valence-electron chi connectivity index (χ2n) is 6.01. The molecule has 0 bridgehead atoms. The minimum Gasteiger partial charge on any atom is -0.445 e. The molecule has 4 nitrogen and oxygen atoms in total. The van der Waals surface area contributed by atoms with Gasteiger partial charge in [-0.1, -0.05) is 18.2 Å². The van der Waals surface area contributed by atoms with Crippen LogP contribution in [-0.2, 0) is 0 Å². The summed E-state index contributed by atoms with van der Waals surface area (Å²) in [5, 5.41) is 0.570. The van der Waals surface area contributed by atoms with Gasteiger partial charge in [-0.15, -0.1) is 11.8 Å². The molecule has 0 unspecified atom stereocenters. The maximum atomic E-state index is 12.5. The predicted molar refractivity (Wildman–Crippen MR) is 91.9 cm³/mol. The molecule has 122 valence electrons. The summed E-state index contributed by atoms with van der Waals surface area (Å²) in [6.07, 6.45) is 2.03. The van der Waals surface area contributed by atoms with Gasteiger partial charge in [-0.05, 0) is 38.3 Å². The molecule has 0 atom stereocenters. The summed E-state index contributed by atoms with van der Waals surface area (Å²) in [6.45, 7) is 7.29. The Morgan fingerprint density at radius 1 is 1.22 bits per heavy atom. The topological polar surface area (TPSA) is 46.3 Å². The second kappa shape index (κ2) is 6.79. The number of amides is 1. The molecule has 2 aromatic rings. The van der Waals surface area contributed by atoms with Crippen molar-refractivity contribution in [2.45, 2.75) is 43.8 Å². The van der Waals surface area contributed by atoms with Crippen LogP contribution in [0.1, 0.15) is 40.5 Å². The Kier molecular flexibility index (Phi) is 4.76. The highest BCUT2D eigenvalue weighted by Gasteiger charge is 2.27. The van der Waals surface area contributed by atoms with Crippen LogP contribution in [0.3, 0.4) is 0 Å². The molecule has 23 heavy (non-hydrogen) atoms. The number of benzene rings is 1. The molecule has 1 amide bonds. The lowest BCUT2D eigenvalue weighted by molar-refractivity contribution is 0.0720. The van der Waals surface area contributed by atoms with Crippen LogP contribution in [-0.4, -0.2) is 34.1 Å². The standard InChI is InChI=1S/C18H22N2O2S/c1-12-6-4-5-7-16(12)23-15-8-10-20(11-9-15)18(21)17-13(2)22-14(3)19-17/h4-7,15H,8-11H2,1-3H3. The van der Waals surface area contributed by atoms with Gasteiger partial charge in [0.05, 0.1) is 0 Å². The summed E-state index contributed by atoms with van der Waals surface area (Å²) in [6, 6.07) is 8.49. The molecule has 0 radical (unpaired) electrons. The molecule has 1 saturated heterocycles. The minimum atomic E-state index is -0.00121. The summed E-state index contributed by atoms with van der Waals surface area (Å²) in [7, 11) is 0. The largest absolute Gasteiger partial charge is 0.445 e. The van der Waals surface area contributed by atoms with Gasteiger partial charge < -0.3 is 9.32 Å². The van der Waals surface area contributed by atoms with E-state index in [9.17, 15) is 4.79 Å². The smallest absolute Gasteiger partial charge is 0.276 e. The molecule has 1 aromatic heterocycles. The van der Waals surface area contributed by atoms with Crippen molar-refractivity contribution in [3.63, 3.8) is 0 Å². The first kappa shape index (κ1) is 16.1. The van der Waals surface area contributed by atoms with Gasteiger partial charge in [0.15, 0.2) is 11.6 Å². The van der Waals surface area contributed by atoms with Gasteiger partial charge in [0.1, 0.15) is 5.76 Å². The number of nitrogens with zero attached hydrogens (tertiary/aromatic N) is 2. The highest BCUT2D eigenvalue weighted by Crippen LogP contribution is 2.32. The van der Waals surface area contributed by atoms with Crippen LogP contribution in [0.4, 0.5) is 0 Å². The van der Waals surface area contributed by atoms with E-state index in [1.54, 1.807) is 13.8 Å². The predicted octanol–water partition coefficient (Wildman–Crippen LogP) is 4.00. The molecule has 1 aromatic carbocycles. The summed E-state index contributed by atoms with van der Waals surface area (Å²) in [5.41, 5.74) is 1.79. The van der Waals surface area contributed by atoms with E-state index in [0.717, 1.165) is 25.9 Å². The zero-order valence-electron chi connectivity index (χ0n) is 13.8. The number of oxazole rings is 1. The number of likely N-dealkylation sites (tertiary alicyclic amines) is 1. The Hall–Kier alpha value is -1.75. The number of hydrogen-bond donors (Lipinski definition) is 0. The normalized spacial score (nSPS) is 15.9. The first-order valence-corrected chi connectivity index (χ1v) is 8.88. The zero-order chi connectivity index (χ0) is 16.4. The average molecular weight is 330 g/mol. The van der Waals surface area contributed by atoms with Crippen LogP contribution in [0.5, 0.6) is 0 Å². The van der Waals surface area contributed by atoms with Crippen molar-refractivity contribution < 1.29 is 9.21 Å². The molecule has 1 aliphatic rings. The molecule has 2 heterocycles. The van der Waals surface area contributed by atoms with Crippen molar-refractivity contribution in [1.82, 2.24) is 9.88 Å². The zero-order valence-corrected chi connectivity index (χ0v) is 14.7. The molecular formula is C18H22N2O2S. The number of carbonyl (C=O) groups is 1. The minimum absolute atomic E-state index is 0.00121. The van der Waals surface area contributed by atoms with Crippen LogP contribution >= 0.6 is 11.8 Å². The fourth-order valence-electron chi connectivity index (χ4n) is 2.92. The Balaban J connectivity index is 1.59. The first-order chi connectivity index (χ1) is 11.0. The third-order valence-electron chi connectivity index (χ3n) is 4.22. The second-order valence-corrected chi connectivity index (χ2v) is 7.35. The van der Waals surface area contributed by atoms with Gasteiger partial charge in [-0.2, -0.15) is 0 Å². The van der Waals surface area contributed by atoms with E-state index >= 15 is 0 Å². The van der Waals surface area contributed by atoms with Crippen molar-refractivity contribution in [2.75, 3.05) is 13.1 Å². The molecular weight excluding hydrogens is 308 g/mol. The monoisotopic (exact) mass is 330 g/mol. The Morgan fingerprint density at radius 3 is 2.52 bits per heavy atom. The molecule has 1 aliphatic heterocycles. The van der Waals surface area contributed by atoms with Crippen molar-refractivity contribution in [3.8, 4) is 0 Å². The molecule has 0 saturated carbocycles. The number of piperidine rings is 1. The highest BCUT2D eigenvalue weighted by molar-refractivity contribution is 8.00. The maximum absolute atomic E-state index is 12.5. The number of rotatable bonds is 3. The Bertz CT molecular complexity index is 703. The summed E-state index contributed by atoms with van der Waals surface area (Å²) in [5.74, 6) is 1.17. The molecule has 5 heteroatoms. The van der Waals surface area contributed by atoms with Gasteiger partial charge in [0.2, 0.25) is 0 Å². The number of aryl methyl sites for hydroxylation is 3. The van der Waals surface area contributed by atoms with E-state index in [1.165, 1.54) is 10.5 Å². The maximum Gasteiger partial charge on any atom is 0.276 e. The molecule has 0 N–H and O–H groups in total. The van der Waals surface area contributed by atoms with Crippen molar-refractivity contribution in [1.29, 1.82) is 0 Å². The van der Waals surface area contributed by atoms with Crippen LogP contribution < -0.4 is 0 Å². The number of hydrogen-bond acceptors (Lipinski definition) is 4. The summed E-state index contributed by atoms with van der Waals surface area (Å²) >= 11 is 1.94. The average Bonchev–Trinajstić information content (AvgIpc) is 2.88. The van der Waals surface area contributed by atoms with E-state index in [-0.39, 0.29) is 5.91 Å². The summed E-state index contributed by atoms with van der Waals surface area (Å²) in [4.78, 5) is 20.0. The third kappa shape index (κ3) is 3.61. The molecule has 0 aliphatic carbocycles. The van der Waals surface area contributed by atoms with Gasteiger partial charge in [-0.25, -0.2) is 4.98 Å². The van der Waals surface area contributed by atoms with Crippen molar-refractivity contribution in [3.05, 3.63) is 47.2 Å². The van der Waals surface area contributed by atoms with E-state index in [4.69, 9.17) is 4.42 Å². The summed E-state index contributed by atoms with van der Waals surface area (Å²) < 4.78 is 5.38. The fraction of sp³-hybridized carbons (Fsp3) is 0.444. The first-order valence-electron chi connectivity index (χ1n) is 8.00. The lowest BCUT2D eigenvalue weighted by Crippen LogP contribution is -2.39. The Labute approximate surface area is 141 Å². The van der Waals surface area contributed by atoms with Crippen LogP contribution in [0.25, 0.3) is 0 Å². The van der Waals surface area contributed by atoms with Gasteiger partial charge in [0, 0.05) is 30.2 Å². The SMILES string of the molecule is Cc1nc(C(=O)N2CCC(Sc3ccccc3C)CC2)c(C)o1. The number of carbonyl (C=O) groups excluding carboxylic acids is 1. The molecule has 1 fully saturated rings. The van der Waals surface area contributed by atoms with Crippen LogP contribution in [0.15, 0.2) is 33.6 Å². The van der Waals surface area contributed by atoms with Crippen molar-refractivity contribution in [2.24, 2.45) is 0 Å². The quantitative estimate of drug-likeness (QED) is 0.853. The van der Waals surface area contributed by atoms with Crippen molar-refractivity contribution >= 4 is 17.7 Å². The lowest BCUT2D eigenvalue weighted by Gasteiger charge is -2.31.